The summed E-state index contributed by atoms with van der Waals surface area (Å²) in [4.78, 5) is 14.2. The van der Waals surface area contributed by atoms with Gasteiger partial charge in [0.05, 0.1) is 12.2 Å². The van der Waals surface area contributed by atoms with E-state index in [4.69, 9.17) is 10.00 Å². The molecular weight excluding hydrogens is 206 g/mol. The first-order valence-corrected chi connectivity index (χ1v) is 5.19. The molecule has 86 valence electrons. The number of aromatic nitrogens is 1. The molecule has 2 N–H and O–H groups in total. The topological polar surface area (TPSA) is 77.9 Å². The smallest absolute Gasteiger partial charge is 0.412 e. The van der Waals surface area contributed by atoms with E-state index in [0.29, 0.717) is 18.0 Å². The number of hydrogen-bond donors (Lipinski definition) is 2. The monoisotopic (exact) mass is 221 g/mol. The minimum absolute atomic E-state index is 0.300. The minimum atomic E-state index is -0.553. The number of rotatable bonds is 3. The Bertz CT molecular complexity index is 429. The maximum Gasteiger partial charge on any atom is 0.412 e. The lowest BCUT2D eigenvalue weighted by Crippen LogP contribution is -2.14. The SMILES string of the molecule is CCOC(=O)Nc1[nH]c(CC)c(C)c1C#N. The van der Waals surface area contributed by atoms with Gasteiger partial charge >= 0.3 is 6.09 Å². The van der Waals surface area contributed by atoms with Crippen LogP contribution in [0.5, 0.6) is 0 Å². The highest BCUT2D eigenvalue weighted by molar-refractivity contribution is 5.85. The Hall–Kier alpha value is -1.96. The maximum atomic E-state index is 11.2. The summed E-state index contributed by atoms with van der Waals surface area (Å²) in [6.07, 6.45) is 0.230. The molecule has 0 spiro atoms. The van der Waals surface area contributed by atoms with Crippen molar-refractivity contribution in [3.63, 3.8) is 0 Å². The van der Waals surface area contributed by atoms with Gasteiger partial charge in [-0.1, -0.05) is 6.92 Å². The van der Waals surface area contributed by atoms with Crippen molar-refractivity contribution < 1.29 is 9.53 Å². The Labute approximate surface area is 94.4 Å². The summed E-state index contributed by atoms with van der Waals surface area (Å²) in [6.45, 7) is 5.86. The summed E-state index contributed by atoms with van der Waals surface area (Å²) in [7, 11) is 0. The fourth-order valence-corrected chi connectivity index (χ4v) is 1.50. The number of anilines is 1. The Morgan fingerprint density at radius 1 is 1.56 bits per heavy atom. The largest absolute Gasteiger partial charge is 0.450 e. The van der Waals surface area contributed by atoms with Gasteiger partial charge < -0.3 is 9.72 Å². The zero-order valence-corrected chi connectivity index (χ0v) is 9.68. The van der Waals surface area contributed by atoms with Crippen LogP contribution in [0.25, 0.3) is 0 Å². The van der Waals surface area contributed by atoms with Crippen molar-refractivity contribution in [1.29, 1.82) is 5.26 Å². The van der Waals surface area contributed by atoms with Crippen molar-refractivity contribution in [2.45, 2.75) is 27.2 Å². The Morgan fingerprint density at radius 2 is 2.25 bits per heavy atom. The molecule has 0 fully saturated rings. The molecule has 0 saturated heterocycles. The van der Waals surface area contributed by atoms with Gasteiger partial charge in [0.25, 0.3) is 0 Å². The molecule has 0 radical (unpaired) electrons. The highest BCUT2D eigenvalue weighted by atomic mass is 16.5. The first kappa shape index (κ1) is 12.1. The molecule has 1 rings (SSSR count). The number of carbonyl (C=O) groups is 1. The molecule has 0 bridgehead atoms. The Kier molecular flexibility index (Phi) is 3.95. The third-order valence-electron chi connectivity index (χ3n) is 2.32. The van der Waals surface area contributed by atoms with E-state index in [1.165, 1.54) is 0 Å². The lowest BCUT2D eigenvalue weighted by atomic mass is 10.1. The lowest BCUT2D eigenvalue weighted by molar-refractivity contribution is 0.168. The number of H-pyrrole nitrogens is 1. The number of aryl methyl sites for hydroxylation is 1. The third kappa shape index (κ3) is 2.34. The average Bonchev–Trinajstić information content (AvgIpc) is 2.54. The van der Waals surface area contributed by atoms with Gasteiger partial charge in [-0.05, 0) is 25.8 Å². The normalized spacial score (nSPS) is 9.62. The van der Waals surface area contributed by atoms with Crippen molar-refractivity contribution in [3.8, 4) is 6.07 Å². The quantitative estimate of drug-likeness (QED) is 0.822. The standard InChI is InChI=1S/C11H15N3O2/c1-4-9-7(3)8(6-12)10(13-9)14-11(15)16-5-2/h13H,4-5H2,1-3H3,(H,14,15). The summed E-state index contributed by atoms with van der Waals surface area (Å²) < 4.78 is 4.75. The number of nitrogens with one attached hydrogen (secondary N) is 2. The first-order chi connectivity index (χ1) is 7.63. The van der Waals surface area contributed by atoms with Gasteiger partial charge in [0.2, 0.25) is 0 Å². The third-order valence-corrected chi connectivity index (χ3v) is 2.32. The lowest BCUT2D eigenvalue weighted by Gasteiger charge is -2.02. The number of ether oxygens (including phenoxy) is 1. The summed E-state index contributed by atoms with van der Waals surface area (Å²) in [5.41, 5.74) is 2.28. The molecular formula is C11H15N3O2. The van der Waals surface area contributed by atoms with Crippen LogP contribution in [0.2, 0.25) is 0 Å². The summed E-state index contributed by atoms with van der Waals surface area (Å²) in [5.74, 6) is 0.412. The number of amides is 1. The van der Waals surface area contributed by atoms with Crippen molar-refractivity contribution in [1.82, 2.24) is 4.98 Å². The molecule has 0 aliphatic carbocycles. The molecule has 0 aliphatic heterocycles. The summed E-state index contributed by atoms with van der Waals surface area (Å²) >= 11 is 0. The van der Waals surface area contributed by atoms with Crippen molar-refractivity contribution in [2.75, 3.05) is 11.9 Å². The van der Waals surface area contributed by atoms with Crippen molar-refractivity contribution >= 4 is 11.9 Å². The summed E-state index contributed by atoms with van der Waals surface area (Å²) in [5, 5.41) is 11.5. The highest BCUT2D eigenvalue weighted by Crippen LogP contribution is 2.22. The van der Waals surface area contributed by atoms with Crippen molar-refractivity contribution in [2.24, 2.45) is 0 Å². The second kappa shape index (κ2) is 5.21. The van der Waals surface area contributed by atoms with Gasteiger partial charge in [-0.15, -0.1) is 0 Å². The van der Waals surface area contributed by atoms with Crippen molar-refractivity contribution in [3.05, 3.63) is 16.8 Å². The van der Waals surface area contributed by atoms with E-state index in [-0.39, 0.29) is 0 Å². The number of nitriles is 1. The molecule has 1 amide bonds. The van der Waals surface area contributed by atoms with Crippen LogP contribution in [0.4, 0.5) is 10.6 Å². The first-order valence-electron chi connectivity index (χ1n) is 5.19. The molecule has 5 heteroatoms. The van der Waals surface area contributed by atoms with E-state index in [9.17, 15) is 4.79 Å². The predicted molar refractivity (Wildman–Crippen MR) is 60.3 cm³/mol. The number of carbonyl (C=O) groups excluding carboxylic acids is 1. The highest BCUT2D eigenvalue weighted by Gasteiger charge is 2.15. The number of hydrogen-bond acceptors (Lipinski definition) is 3. The van der Waals surface area contributed by atoms with Gasteiger partial charge in [0.15, 0.2) is 0 Å². The second-order valence-corrected chi connectivity index (χ2v) is 3.29. The molecule has 0 unspecified atom stereocenters. The van der Waals surface area contributed by atoms with Crippen LogP contribution >= 0.6 is 0 Å². The maximum absolute atomic E-state index is 11.2. The van der Waals surface area contributed by atoms with Gasteiger partial charge in [0, 0.05) is 5.69 Å². The van der Waals surface area contributed by atoms with E-state index < -0.39 is 6.09 Å². The molecule has 1 aromatic rings. The van der Waals surface area contributed by atoms with E-state index >= 15 is 0 Å². The molecule has 1 aromatic heterocycles. The second-order valence-electron chi connectivity index (χ2n) is 3.29. The van der Waals surface area contributed by atoms with Crippen LogP contribution < -0.4 is 5.32 Å². The predicted octanol–water partition coefficient (Wildman–Crippen LogP) is 2.33. The minimum Gasteiger partial charge on any atom is -0.450 e. The summed E-state index contributed by atoms with van der Waals surface area (Å²) in [6, 6.07) is 2.06. The number of aromatic amines is 1. The molecule has 1 heterocycles. The zero-order chi connectivity index (χ0) is 12.1. The van der Waals surface area contributed by atoms with E-state index in [1.54, 1.807) is 6.92 Å². The van der Waals surface area contributed by atoms with E-state index in [1.807, 2.05) is 13.8 Å². The van der Waals surface area contributed by atoms with E-state index in [0.717, 1.165) is 17.7 Å². The average molecular weight is 221 g/mol. The molecule has 0 saturated carbocycles. The molecule has 0 aromatic carbocycles. The molecule has 5 nitrogen and oxygen atoms in total. The molecule has 16 heavy (non-hydrogen) atoms. The van der Waals surface area contributed by atoms with Gasteiger partial charge in [-0.25, -0.2) is 4.79 Å². The Balaban J connectivity index is 2.96. The molecule has 0 atom stereocenters. The fourth-order valence-electron chi connectivity index (χ4n) is 1.50. The van der Waals surface area contributed by atoms with Gasteiger partial charge in [0.1, 0.15) is 11.9 Å². The van der Waals surface area contributed by atoms with Crippen LogP contribution in [0.15, 0.2) is 0 Å². The van der Waals surface area contributed by atoms with Crippen LogP contribution in [0.1, 0.15) is 30.7 Å². The van der Waals surface area contributed by atoms with E-state index in [2.05, 4.69) is 16.4 Å². The Morgan fingerprint density at radius 3 is 2.75 bits per heavy atom. The number of nitrogens with zero attached hydrogens (tertiary/aromatic N) is 1. The van der Waals surface area contributed by atoms with Crippen LogP contribution in [0, 0.1) is 18.3 Å². The van der Waals surface area contributed by atoms with Gasteiger partial charge in [-0.2, -0.15) is 5.26 Å². The van der Waals surface area contributed by atoms with Gasteiger partial charge in [-0.3, -0.25) is 5.32 Å². The van der Waals surface area contributed by atoms with Crippen LogP contribution in [0.3, 0.4) is 0 Å². The van der Waals surface area contributed by atoms with Crippen LogP contribution in [-0.2, 0) is 11.2 Å². The fraction of sp³-hybridized carbons (Fsp3) is 0.455. The zero-order valence-electron chi connectivity index (χ0n) is 9.68. The van der Waals surface area contributed by atoms with Crippen LogP contribution in [-0.4, -0.2) is 17.7 Å². The molecule has 0 aliphatic rings.